The molecule has 1 aliphatic carbocycles. The van der Waals surface area contributed by atoms with Crippen LogP contribution in [0.4, 0.5) is 10.1 Å². The number of pyridine rings is 1. The van der Waals surface area contributed by atoms with Crippen molar-refractivity contribution in [3.63, 3.8) is 0 Å². The van der Waals surface area contributed by atoms with Crippen molar-refractivity contribution in [2.45, 2.75) is 18.9 Å². The van der Waals surface area contributed by atoms with Crippen LogP contribution in [0.2, 0.25) is 0 Å². The van der Waals surface area contributed by atoms with Crippen LogP contribution in [0.15, 0.2) is 29.2 Å². The number of hydrogen-bond donors (Lipinski definition) is 2. The summed E-state index contributed by atoms with van der Waals surface area (Å²) in [4.78, 5) is 11.9. The summed E-state index contributed by atoms with van der Waals surface area (Å²) >= 11 is 0. The molecule has 0 spiro atoms. The molecule has 1 aromatic carbocycles. The first-order valence-corrected chi connectivity index (χ1v) is 7.57. The molecule has 1 aromatic heterocycles. The standard InChI is InChI=1S/C16H20FN3O2/c17-13-9-12-15(10-14(13)19-5-8-22-7-4-18)20(11-1-2-11)6-3-16(12)21/h3,6,9-11,19H,1-2,4-5,7-8,18H2. The van der Waals surface area contributed by atoms with E-state index in [1.165, 1.54) is 12.1 Å². The quantitative estimate of drug-likeness (QED) is 0.766. The SMILES string of the molecule is NCCOCCNc1cc2c(cc1F)c(=O)ccn2C1CC1. The normalized spacial score (nSPS) is 14.5. The third-order valence-electron chi connectivity index (χ3n) is 3.78. The van der Waals surface area contributed by atoms with Crippen LogP contribution in [0.3, 0.4) is 0 Å². The molecule has 3 rings (SSSR count). The van der Waals surface area contributed by atoms with Crippen LogP contribution >= 0.6 is 0 Å². The van der Waals surface area contributed by atoms with Gasteiger partial charge < -0.3 is 20.4 Å². The molecule has 1 fully saturated rings. The first kappa shape index (κ1) is 15.0. The number of hydrogen-bond acceptors (Lipinski definition) is 4. The van der Waals surface area contributed by atoms with Gasteiger partial charge in [0.15, 0.2) is 5.43 Å². The third kappa shape index (κ3) is 3.13. The van der Waals surface area contributed by atoms with Crippen molar-refractivity contribution >= 4 is 16.6 Å². The van der Waals surface area contributed by atoms with Crippen molar-refractivity contribution in [1.82, 2.24) is 4.57 Å². The highest BCUT2D eigenvalue weighted by Crippen LogP contribution is 2.37. The van der Waals surface area contributed by atoms with Gasteiger partial charge in [0.2, 0.25) is 0 Å². The number of fused-ring (bicyclic) bond motifs is 1. The second-order valence-corrected chi connectivity index (χ2v) is 5.50. The number of halogens is 1. The minimum absolute atomic E-state index is 0.149. The largest absolute Gasteiger partial charge is 0.380 e. The minimum atomic E-state index is -0.419. The molecule has 3 N–H and O–H groups in total. The van der Waals surface area contributed by atoms with Crippen LogP contribution in [-0.2, 0) is 4.74 Å². The highest BCUT2D eigenvalue weighted by Gasteiger charge is 2.24. The zero-order chi connectivity index (χ0) is 15.5. The fourth-order valence-electron chi connectivity index (χ4n) is 2.54. The van der Waals surface area contributed by atoms with E-state index in [0.29, 0.717) is 43.4 Å². The fraction of sp³-hybridized carbons (Fsp3) is 0.438. The van der Waals surface area contributed by atoms with Gasteiger partial charge in [-0.1, -0.05) is 0 Å². The Morgan fingerprint density at radius 1 is 1.36 bits per heavy atom. The second kappa shape index (κ2) is 6.46. The molecular formula is C16H20FN3O2. The van der Waals surface area contributed by atoms with Gasteiger partial charge in [-0.25, -0.2) is 4.39 Å². The van der Waals surface area contributed by atoms with E-state index >= 15 is 0 Å². The van der Waals surface area contributed by atoms with E-state index in [1.807, 2.05) is 0 Å². The van der Waals surface area contributed by atoms with Crippen molar-refractivity contribution < 1.29 is 9.13 Å². The summed E-state index contributed by atoms with van der Waals surface area (Å²) in [5, 5.41) is 3.44. The highest BCUT2D eigenvalue weighted by atomic mass is 19.1. The lowest BCUT2D eigenvalue weighted by Gasteiger charge is -2.13. The van der Waals surface area contributed by atoms with Gasteiger partial charge in [0, 0.05) is 36.8 Å². The van der Waals surface area contributed by atoms with Gasteiger partial charge in [0.25, 0.3) is 0 Å². The van der Waals surface area contributed by atoms with Gasteiger partial charge >= 0.3 is 0 Å². The van der Waals surface area contributed by atoms with E-state index in [1.54, 1.807) is 12.3 Å². The van der Waals surface area contributed by atoms with Gasteiger partial charge in [-0.15, -0.1) is 0 Å². The topological polar surface area (TPSA) is 69.3 Å². The number of anilines is 1. The van der Waals surface area contributed by atoms with E-state index in [-0.39, 0.29) is 5.43 Å². The molecule has 1 aliphatic rings. The summed E-state index contributed by atoms with van der Waals surface area (Å²) in [6, 6.07) is 4.97. The average Bonchev–Trinajstić information content (AvgIpc) is 3.33. The van der Waals surface area contributed by atoms with Crippen molar-refractivity contribution in [3.8, 4) is 0 Å². The Hall–Kier alpha value is -1.92. The van der Waals surface area contributed by atoms with E-state index in [2.05, 4.69) is 9.88 Å². The zero-order valence-corrected chi connectivity index (χ0v) is 12.3. The summed E-state index contributed by atoms with van der Waals surface area (Å²) in [6.07, 6.45) is 4.00. The molecule has 6 heteroatoms. The summed E-state index contributed by atoms with van der Waals surface area (Å²) in [6.45, 7) is 1.91. The lowest BCUT2D eigenvalue weighted by atomic mass is 10.1. The number of aromatic nitrogens is 1. The number of nitrogens with one attached hydrogen (secondary N) is 1. The molecule has 2 aromatic rings. The maximum atomic E-state index is 14.2. The lowest BCUT2D eigenvalue weighted by molar-refractivity contribution is 0.151. The molecule has 5 nitrogen and oxygen atoms in total. The maximum absolute atomic E-state index is 14.2. The third-order valence-corrected chi connectivity index (χ3v) is 3.78. The molecule has 22 heavy (non-hydrogen) atoms. The van der Waals surface area contributed by atoms with E-state index in [0.717, 1.165) is 18.4 Å². The average molecular weight is 305 g/mol. The Bertz CT molecular complexity index is 725. The molecule has 1 saturated carbocycles. The first-order valence-electron chi connectivity index (χ1n) is 7.57. The lowest BCUT2D eigenvalue weighted by Crippen LogP contribution is -2.15. The summed E-state index contributed by atoms with van der Waals surface area (Å²) in [5.41, 5.74) is 6.36. The second-order valence-electron chi connectivity index (χ2n) is 5.50. The van der Waals surface area contributed by atoms with E-state index < -0.39 is 5.82 Å². The van der Waals surface area contributed by atoms with Crippen molar-refractivity contribution in [1.29, 1.82) is 0 Å². The Morgan fingerprint density at radius 3 is 2.91 bits per heavy atom. The number of benzene rings is 1. The molecule has 0 aliphatic heterocycles. The van der Waals surface area contributed by atoms with Gasteiger partial charge in [0.1, 0.15) is 5.82 Å². The predicted molar refractivity (Wildman–Crippen MR) is 84.8 cm³/mol. The highest BCUT2D eigenvalue weighted by molar-refractivity contribution is 5.83. The Morgan fingerprint density at radius 2 is 2.18 bits per heavy atom. The van der Waals surface area contributed by atoms with Crippen molar-refractivity contribution in [2.24, 2.45) is 5.73 Å². The van der Waals surface area contributed by atoms with Gasteiger partial charge in [0.05, 0.1) is 24.4 Å². The monoisotopic (exact) mass is 305 g/mol. The fourth-order valence-corrected chi connectivity index (χ4v) is 2.54. The minimum Gasteiger partial charge on any atom is -0.380 e. The van der Waals surface area contributed by atoms with Gasteiger partial charge in [-0.3, -0.25) is 4.79 Å². The molecule has 118 valence electrons. The van der Waals surface area contributed by atoms with Gasteiger partial charge in [-0.2, -0.15) is 0 Å². The van der Waals surface area contributed by atoms with Crippen LogP contribution in [0.25, 0.3) is 10.9 Å². The van der Waals surface area contributed by atoms with Crippen LogP contribution in [-0.4, -0.2) is 30.9 Å². The zero-order valence-electron chi connectivity index (χ0n) is 12.3. The Labute approximate surface area is 127 Å². The molecule has 1 heterocycles. The summed E-state index contributed by atoms with van der Waals surface area (Å²) in [5.74, 6) is -0.419. The first-order chi connectivity index (χ1) is 10.7. The van der Waals surface area contributed by atoms with Crippen LogP contribution < -0.4 is 16.5 Å². The summed E-state index contributed by atoms with van der Waals surface area (Å²) in [7, 11) is 0. The molecule has 0 bridgehead atoms. The van der Waals surface area contributed by atoms with Crippen molar-refractivity contribution in [2.75, 3.05) is 31.6 Å². The smallest absolute Gasteiger partial charge is 0.189 e. The van der Waals surface area contributed by atoms with Crippen LogP contribution in [0.5, 0.6) is 0 Å². The van der Waals surface area contributed by atoms with Crippen LogP contribution in [0, 0.1) is 5.82 Å². The van der Waals surface area contributed by atoms with Crippen molar-refractivity contribution in [3.05, 3.63) is 40.4 Å². The summed E-state index contributed by atoms with van der Waals surface area (Å²) < 4.78 is 21.5. The number of ether oxygens (including phenoxy) is 1. The Kier molecular flexibility index (Phi) is 4.40. The van der Waals surface area contributed by atoms with Gasteiger partial charge in [-0.05, 0) is 25.0 Å². The molecule has 0 atom stereocenters. The molecule has 0 saturated heterocycles. The molecular weight excluding hydrogens is 285 g/mol. The number of nitrogens with zero attached hydrogens (tertiary/aromatic N) is 1. The number of rotatable bonds is 7. The maximum Gasteiger partial charge on any atom is 0.189 e. The van der Waals surface area contributed by atoms with Crippen LogP contribution in [0.1, 0.15) is 18.9 Å². The molecule has 0 unspecified atom stereocenters. The van der Waals surface area contributed by atoms with E-state index in [9.17, 15) is 9.18 Å². The predicted octanol–water partition coefficient (Wildman–Crippen LogP) is 1.86. The van der Waals surface area contributed by atoms with E-state index in [4.69, 9.17) is 10.5 Å². The molecule has 0 amide bonds. The Balaban J connectivity index is 1.86. The number of nitrogens with two attached hydrogens (primary N) is 1. The molecule has 0 radical (unpaired) electrons.